The van der Waals surface area contributed by atoms with Gasteiger partial charge < -0.3 is 10.2 Å². The van der Waals surface area contributed by atoms with Crippen LogP contribution >= 0.6 is 0 Å². The molecule has 6 heteroatoms. The molecule has 0 radical (unpaired) electrons. The number of likely N-dealkylation sites (tertiary alicyclic amines) is 1. The van der Waals surface area contributed by atoms with Crippen molar-refractivity contribution in [3.63, 3.8) is 0 Å². The Kier molecular flexibility index (Phi) is 5.58. The highest BCUT2D eigenvalue weighted by Crippen LogP contribution is 2.67. The second kappa shape index (κ2) is 8.22. The number of nitriles is 1. The van der Waals surface area contributed by atoms with E-state index in [1.165, 1.54) is 24.1 Å². The van der Waals surface area contributed by atoms with Crippen molar-refractivity contribution in [2.24, 2.45) is 34.5 Å². The molecule has 5 rings (SSSR count). The predicted octanol–water partition coefficient (Wildman–Crippen LogP) is 5.28. The van der Waals surface area contributed by atoms with Crippen LogP contribution in [0.3, 0.4) is 0 Å². The van der Waals surface area contributed by atoms with Gasteiger partial charge in [0.15, 0.2) is 0 Å². The van der Waals surface area contributed by atoms with Crippen molar-refractivity contribution in [1.82, 2.24) is 9.88 Å². The summed E-state index contributed by atoms with van der Waals surface area (Å²) in [5.74, 6) is 2.59. The SMILES string of the molecule is CC1=C2N(C)C(=O)CC[C@]2(C)C2CC[C@]3(C)[C@@H](CC(=O)Nc4ccc(C#N)nc4)CC[C@H]3C2C1. The number of fused-ring (bicyclic) bond motifs is 5. The third kappa shape index (κ3) is 3.47. The summed E-state index contributed by atoms with van der Waals surface area (Å²) in [7, 11) is 1.97. The Morgan fingerprint density at radius 1 is 1.24 bits per heavy atom. The Bertz CT molecular complexity index is 1090. The van der Waals surface area contributed by atoms with Crippen LogP contribution in [0.2, 0.25) is 0 Å². The van der Waals surface area contributed by atoms with Crippen LogP contribution in [0.1, 0.15) is 77.8 Å². The Balaban J connectivity index is 1.33. The zero-order valence-corrected chi connectivity index (χ0v) is 20.9. The molecule has 1 aliphatic heterocycles. The molecular weight excluding hydrogens is 424 g/mol. The third-order valence-corrected chi connectivity index (χ3v) is 10.1. The first kappa shape index (κ1) is 23.1. The molecule has 2 amide bonds. The number of nitrogens with zero attached hydrogens (tertiary/aromatic N) is 3. The fourth-order valence-corrected chi connectivity index (χ4v) is 8.52. The third-order valence-electron chi connectivity index (χ3n) is 10.1. The lowest BCUT2D eigenvalue weighted by Gasteiger charge is -2.59. The number of carbonyl (C=O) groups is 2. The maximum Gasteiger partial charge on any atom is 0.226 e. The summed E-state index contributed by atoms with van der Waals surface area (Å²) in [5.41, 5.74) is 3.98. The van der Waals surface area contributed by atoms with E-state index in [0.717, 1.165) is 25.7 Å². The Morgan fingerprint density at radius 3 is 2.74 bits per heavy atom. The summed E-state index contributed by atoms with van der Waals surface area (Å²) in [6.07, 6.45) is 9.46. The van der Waals surface area contributed by atoms with Crippen LogP contribution in [0.15, 0.2) is 29.6 Å². The monoisotopic (exact) mass is 460 g/mol. The summed E-state index contributed by atoms with van der Waals surface area (Å²) in [5, 5.41) is 11.9. The van der Waals surface area contributed by atoms with E-state index >= 15 is 0 Å². The van der Waals surface area contributed by atoms with Crippen molar-refractivity contribution in [2.45, 2.75) is 72.1 Å². The first-order valence-corrected chi connectivity index (χ1v) is 12.8. The van der Waals surface area contributed by atoms with Crippen molar-refractivity contribution in [3.8, 4) is 6.07 Å². The minimum atomic E-state index is 0.0434. The number of aromatic nitrogens is 1. The van der Waals surface area contributed by atoms with E-state index in [1.807, 2.05) is 18.0 Å². The lowest BCUT2D eigenvalue weighted by Crippen LogP contribution is -2.54. The molecule has 0 spiro atoms. The van der Waals surface area contributed by atoms with Crippen LogP contribution in [0.25, 0.3) is 0 Å². The van der Waals surface area contributed by atoms with Gasteiger partial charge in [-0.05, 0) is 86.7 Å². The molecule has 2 saturated carbocycles. The van der Waals surface area contributed by atoms with Crippen LogP contribution < -0.4 is 5.32 Å². The zero-order valence-electron chi connectivity index (χ0n) is 20.9. The van der Waals surface area contributed by atoms with Gasteiger partial charge in [-0.3, -0.25) is 9.59 Å². The second-order valence-corrected chi connectivity index (χ2v) is 11.7. The molecule has 2 heterocycles. The smallest absolute Gasteiger partial charge is 0.226 e. The molecule has 34 heavy (non-hydrogen) atoms. The van der Waals surface area contributed by atoms with Crippen molar-refractivity contribution in [1.29, 1.82) is 5.26 Å². The van der Waals surface area contributed by atoms with Gasteiger partial charge in [0.05, 0.1) is 11.9 Å². The van der Waals surface area contributed by atoms with E-state index in [1.54, 1.807) is 18.3 Å². The molecule has 0 bridgehead atoms. The fourth-order valence-electron chi connectivity index (χ4n) is 8.52. The Hall–Kier alpha value is -2.68. The van der Waals surface area contributed by atoms with Crippen LogP contribution in [0, 0.1) is 45.8 Å². The van der Waals surface area contributed by atoms with E-state index in [2.05, 4.69) is 31.1 Å². The number of amides is 2. The number of anilines is 1. The summed E-state index contributed by atoms with van der Waals surface area (Å²) < 4.78 is 0. The van der Waals surface area contributed by atoms with Gasteiger partial charge in [-0.2, -0.15) is 5.26 Å². The predicted molar refractivity (Wildman–Crippen MR) is 130 cm³/mol. The molecule has 3 fully saturated rings. The number of nitrogens with one attached hydrogen (secondary N) is 1. The van der Waals surface area contributed by atoms with E-state index < -0.39 is 0 Å². The maximum atomic E-state index is 12.9. The maximum absolute atomic E-state index is 12.9. The summed E-state index contributed by atoms with van der Waals surface area (Å²) in [6.45, 7) is 7.10. The standard InChI is InChI=1S/C28H36N4O2/c1-17-13-21-22-8-5-18(14-24(33)31-20-7-6-19(15-29)30-16-20)27(22,2)11-9-23(21)28(3)12-10-25(34)32(4)26(17)28/h6-7,16,18,21-23H,5,8-14H2,1-4H3,(H,31,33)/t18-,21?,22+,23?,27-,28-/m1/s1. The Labute approximate surface area is 202 Å². The van der Waals surface area contributed by atoms with Crippen LogP contribution in [0.4, 0.5) is 5.69 Å². The van der Waals surface area contributed by atoms with Gasteiger partial charge in [0, 0.05) is 31.0 Å². The summed E-state index contributed by atoms with van der Waals surface area (Å²) >= 11 is 0. The molecule has 1 N–H and O–H groups in total. The number of piperidine rings is 1. The molecule has 3 aliphatic carbocycles. The largest absolute Gasteiger partial charge is 0.325 e. The minimum absolute atomic E-state index is 0.0434. The van der Waals surface area contributed by atoms with Gasteiger partial charge in [0.1, 0.15) is 11.8 Å². The fraction of sp³-hybridized carbons (Fsp3) is 0.643. The van der Waals surface area contributed by atoms with E-state index in [-0.39, 0.29) is 22.6 Å². The highest BCUT2D eigenvalue weighted by Gasteiger charge is 2.60. The molecule has 4 aliphatic rings. The number of pyridine rings is 1. The number of hydrogen-bond donors (Lipinski definition) is 1. The van der Waals surface area contributed by atoms with Gasteiger partial charge in [0.25, 0.3) is 0 Å². The Morgan fingerprint density at radius 2 is 2.03 bits per heavy atom. The molecule has 1 aromatic rings. The quantitative estimate of drug-likeness (QED) is 0.665. The van der Waals surface area contributed by atoms with Gasteiger partial charge in [0.2, 0.25) is 11.8 Å². The van der Waals surface area contributed by atoms with Crippen molar-refractivity contribution in [3.05, 3.63) is 35.3 Å². The number of allylic oxidation sites excluding steroid dienone is 2. The van der Waals surface area contributed by atoms with E-state index in [4.69, 9.17) is 5.26 Å². The first-order valence-electron chi connectivity index (χ1n) is 12.8. The highest BCUT2D eigenvalue weighted by molar-refractivity contribution is 5.90. The first-order chi connectivity index (χ1) is 16.2. The molecule has 1 saturated heterocycles. The molecular formula is C28H36N4O2. The number of carbonyl (C=O) groups excluding carboxylic acids is 2. The number of hydrogen-bond acceptors (Lipinski definition) is 4. The summed E-state index contributed by atoms with van der Waals surface area (Å²) in [4.78, 5) is 31.4. The second-order valence-electron chi connectivity index (χ2n) is 11.7. The normalized spacial score (nSPS) is 36.9. The van der Waals surface area contributed by atoms with Crippen LogP contribution in [0.5, 0.6) is 0 Å². The summed E-state index contributed by atoms with van der Waals surface area (Å²) in [6, 6.07) is 5.38. The molecule has 1 aromatic heterocycles. The van der Waals surface area contributed by atoms with Gasteiger partial charge in [-0.15, -0.1) is 0 Å². The van der Waals surface area contributed by atoms with E-state index in [9.17, 15) is 9.59 Å². The van der Waals surface area contributed by atoms with E-state index in [0.29, 0.717) is 47.9 Å². The molecule has 0 aromatic carbocycles. The molecule has 6 atom stereocenters. The van der Waals surface area contributed by atoms with Gasteiger partial charge in [-0.25, -0.2) is 4.98 Å². The molecule has 6 nitrogen and oxygen atoms in total. The lowest BCUT2D eigenvalue weighted by atomic mass is 9.48. The van der Waals surface area contributed by atoms with Crippen molar-refractivity contribution >= 4 is 17.5 Å². The number of rotatable bonds is 3. The average molecular weight is 461 g/mol. The van der Waals surface area contributed by atoms with Gasteiger partial charge in [-0.1, -0.05) is 19.4 Å². The van der Waals surface area contributed by atoms with Crippen molar-refractivity contribution in [2.75, 3.05) is 12.4 Å². The lowest BCUT2D eigenvalue weighted by molar-refractivity contribution is -0.136. The van der Waals surface area contributed by atoms with Gasteiger partial charge >= 0.3 is 0 Å². The minimum Gasteiger partial charge on any atom is -0.325 e. The molecule has 180 valence electrons. The van der Waals surface area contributed by atoms with Crippen LogP contribution in [-0.2, 0) is 9.59 Å². The van der Waals surface area contributed by atoms with Crippen LogP contribution in [-0.4, -0.2) is 28.7 Å². The average Bonchev–Trinajstić information content (AvgIpc) is 3.13. The zero-order chi connectivity index (χ0) is 24.3. The van der Waals surface area contributed by atoms with Crippen molar-refractivity contribution < 1.29 is 9.59 Å². The topological polar surface area (TPSA) is 86.1 Å². The molecule has 2 unspecified atom stereocenters. The highest BCUT2D eigenvalue weighted by atomic mass is 16.2.